The summed E-state index contributed by atoms with van der Waals surface area (Å²) in [7, 11) is 0. The average Bonchev–Trinajstić information content (AvgIpc) is 2.36. The fourth-order valence-corrected chi connectivity index (χ4v) is 1.88. The van der Waals surface area contributed by atoms with Gasteiger partial charge in [-0.05, 0) is 38.0 Å². The van der Waals surface area contributed by atoms with E-state index in [9.17, 15) is 9.18 Å². The molecule has 0 atom stereocenters. The van der Waals surface area contributed by atoms with Crippen molar-refractivity contribution < 1.29 is 13.9 Å². The van der Waals surface area contributed by atoms with Gasteiger partial charge in [-0.15, -0.1) is 0 Å². The summed E-state index contributed by atoms with van der Waals surface area (Å²) in [6.07, 6.45) is 1.16. The molecule has 1 aromatic rings. The molecule has 1 N–H and O–H groups in total. The molecule has 1 rings (SSSR count). The molecule has 0 saturated heterocycles. The Morgan fingerprint density at radius 2 is 2.00 bits per heavy atom. The van der Waals surface area contributed by atoms with E-state index in [1.165, 1.54) is 12.1 Å². The van der Waals surface area contributed by atoms with Crippen molar-refractivity contribution >= 4 is 11.7 Å². The number of hydrogen-bond acceptors (Lipinski definition) is 3. The Balaban J connectivity index is 2.95. The Morgan fingerprint density at radius 3 is 2.50 bits per heavy atom. The van der Waals surface area contributed by atoms with E-state index in [1.54, 1.807) is 19.1 Å². The highest BCUT2D eigenvalue weighted by Gasteiger charge is 2.36. The third-order valence-corrected chi connectivity index (χ3v) is 3.08. The van der Waals surface area contributed by atoms with Crippen molar-refractivity contribution in [3.63, 3.8) is 0 Å². The van der Waals surface area contributed by atoms with Crippen LogP contribution in [0.3, 0.4) is 0 Å². The lowest BCUT2D eigenvalue weighted by Crippen LogP contribution is -2.46. The molecular formula is C14H20FNO2. The highest BCUT2D eigenvalue weighted by atomic mass is 19.1. The number of anilines is 1. The van der Waals surface area contributed by atoms with Gasteiger partial charge in [0.15, 0.2) is 0 Å². The average molecular weight is 253 g/mol. The minimum atomic E-state index is -0.788. The van der Waals surface area contributed by atoms with Crippen molar-refractivity contribution in [2.45, 2.75) is 39.2 Å². The van der Waals surface area contributed by atoms with Gasteiger partial charge in [0.2, 0.25) is 0 Å². The SMILES string of the molecule is CCOC(=O)C(CC)(CC)Nc1cccc(F)c1. The summed E-state index contributed by atoms with van der Waals surface area (Å²) in [5, 5.41) is 3.10. The second kappa shape index (κ2) is 6.38. The Hall–Kier alpha value is -1.58. The van der Waals surface area contributed by atoms with Crippen LogP contribution in [0.5, 0.6) is 0 Å². The maximum Gasteiger partial charge on any atom is 0.331 e. The number of rotatable bonds is 6. The number of halogens is 1. The molecule has 0 aliphatic carbocycles. The van der Waals surface area contributed by atoms with Crippen LogP contribution in [0.4, 0.5) is 10.1 Å². The van der Waals surface area contributed by atoms with Gasteiger partial charge in [0.05, 0.1) is 6.61 Å². The summed E-state index contributed by atoms with van der Waals surface area (Å²) in [6.45, 7) is 5.93. The van der Waals surface area contributed by atoms with Crippen LogP contribution in [0.2, 0.25) is 0 Å². The number of ether oxygens (including phenoxy) is 1. The lowest BCUT2D eigenvalue weighted by atomic mass is 9.92. The van der Waals surface area contributed by atoms with Crippen LogP contribution in [0, 0.1) is 5.82 Å². The number of carbonyl (C=O) groups is 1. The Labute approximate surface area is 107 Å². The van der Waals surface area contributed by atoms with E-state index in [2.05, 4.69) is 5.32 Å². The first-order valence-corrected chi connectivity index (χ1v) is 6.29. The van der Waals surface area contributed by atoms with Crippen molar-refractivity contribution in [3.05, 3.63) is 30.1 Å². The zero-order valence-electron chi connectivity index (χ0n) is 11.1. The van der Waals surface area contributed by atoms with Crippen molar-refractivity contribution in [2.75, 3.05) is 11.9 Å². The Kier molecular flexibility index (Phi) is 5.13. The van der Waals surface area contributed by atoms with Crippen molar-refractivity contribution in [3.8, 4) is 0 Å². The number of benzene rings is 1. The van der Waals surface area contributed by atoms with E-state index in [0.717, 1.165) is 0 Å². The molecular weight excluding hydrogens is 233 g/mol. The van der Waals surface area contributed by atoms with Crippen LogP contribution < -0.4 is 5.32 Å². The first-order chi connectivity index (χ1) is 8.57. The predicted octanol–water partition coefficient (Wildman–Crippen LogP) is 3.36. The van der Waals surface area contributed by atoms with Gasteiger partial charge in [0, 0.05) is 5.69 Å². The van der Waals surface area contributed by atoms with E-state index in [-0.39, 0.29) is 11.8 Å². The third kappa shape index (κ3) is 3.22. The smallest absolute Gasteiger partial charge is 0.331 e. The maximum atomic E-state index is 13.1. The highest BCUT2D eigenvalue weighted by molar-refractivity contribution is 5.84. The van der Waals surface area contributed by atoms with Crippen LogP contribution in [-0.4, -0.2) is 18.1 Å². The molecule has 100 valence electrons. The molecule has 18 heavy (non-hydrogen) atoms. The molecule has 0 spiro atoms. The lowest BCUT2D eigenvalue weighted by molar-refractivity contribution is -0.148. The van der Waals surface area contributed by atoms with E-state index in [1.807, 2.05) is 13.8 Å². The summed E-state index contributed by atoms with van der Waals surface area (Å²) in [4.78, 5) is 12.0. The fourth-order valence-electron chi connectivity index (χ4n) is 1.88. The number of hydrogen-bond donors (Lipinski definition) is 1. The Morgan fingerprint density at radius 1 is 1.33 bits per heavy atom. The third-order valence-electron chi connectivity index (χ3n) is 3.08. The van der Waals surface area contributed by atoms with Gasteiger partial charge < -0.3 is 10.1 Å². The second-order valence-corrected chi connectivity index (χ2v) is 4.15. The first-order valence-electron chi connectivity index (χ1n) is 6.29. The molecule has 0 fully saturated rings. The number of esters is 1. The first kappa shape index (κ1) is 14.5. The molecule has 0 radical (unpaired) electrons. The molecule has 0 amide bonds. The molecule has 0 heterocycles. The summed E-state index contributed by atoms with van der Waals surface area (Å²) in [5.74, 6) is -0.621. The largest absolute Gasteiger partial charge is 0.464 e. The van der Waals surface area contributed by atoms with Crippen LogP contribution in [0.15, 0.2) is 24.3 Å². The number of carbonyl (C=O) groups excluding carboxylic acids is 1. The molecule has 0 aromatic heterocycles. The normalized spacial score (nSPS) is 11.1. The summed E-state index contributed by atoms with van der Waals surface area (Å²) in [6, 6.07) is 6.09. The van der Waals surface area contributed by atoms with Crippen molar-refractivity contribution in [1.29, 1.82) is 0 Å². The summed E-state index contributed by atoms with van der Waals surface area (Å²) < 4.78 is 18.2. The van der Waals surface area contributed by atoms with Gasteiger partial charge >= 0.3 is 5.97 Å². The van der Waals surface area contributed by atoms with Gasteiger partial charge in [-0.1, -0.05) is 19.9 Å². The van der Waals surface area contributed by atoms with Crippen molar-refractivity contribution in [1.82, 2.24) is 0 Å². The second-order valence-electron chi connectivity index (χ2n) is 4.15. The maximum absolute atomic E-state index is 13.1. The molecule has 0 unspecified atom stereocenters. The molecule has 1 aromatic carbocycles. The van der Waals surface area contributed by atoms with Crippen LogP contribution in [0.25, 0.3) is 0 Å². The monoisotopic (exact) mass is 253 g/mol. The summed E-state index contributed by atoms with van der Waals surface area (Å²) >= 11 is 0. The van der Waals surface area contributed by atoms with Gasteiger partial charge in [-0.25, -0.2) is 9.18 Å². The topological polar surface area (TPSA) is 38.3 Å². The molecule has 0 bridgehead atoms. The zero-order valence-corrected chi connectivity index (χ0v) is 11.1. The van der Waals surface area contributed by atoms with Crippen LogP contribution in [-0.2, 0) is 9.53 Å². The fraction of sp³-hybridized carbons (Fsp3) is 0.500. The molecule has 0 aliphatic heterocycles. The minimum absolute atomic E-state index is 0.292. The van der Waals surface area contributed by atoms with E-state index < -0.39 is 5.54 Å². The van der Waals surface area contributed by atoms with Crippen LogP contribution in [0.1, 0.15) is 33.6 Å². The lowest BCUT2D eigenvalue weighted by Gasteiger charge is -2.31. The molecule has 0 saturated carbocycles. The molecule has 0 aliphatic rings. The minimum Gasteiger partial charge on any atom is -0.464 e. The molecule has 4 heteroatoms. The quantitative estimate of drug-likeness (QED) is 0.790. The predicted molar refractivity (Wildman–Crippen MR) is 70.0 cm³/mol. The Bertz CT molecular complexity index is 403. The summed E-state index contributed by atoms with van der Waals surface area (Å²) in [5.41, 5.74) is -0.198. The standard InChI is InChI=1S/C14H20FNO2/c1-4-14(5-2,13(17)18-6-3)16-12-9-7-8-11(15)10-12/h7-10,16H,4-6H2,1-3H3. The van der Waals surface area contributed by atoms with E-state index in [0.29, 0.717) is 25.1 Å². The highest BCUT2D eigenvalue weighted by Crippen LogP contribution is 2.24. The number of nitrogens with one attached hydrogen (secondary N) is 1. The van der Waals surface area contributed by atoms with Gasteiger partial charge in [0.25, 0.3) is 0 Å². The molecule has 3 nitrogen and oxygen atoms in total. The van der Waals surface area contributed by atoms with E-state index >= 15 is 0 Å². The van der Waals surface area contributed by atoms with Crippen molar-refractivity contribution in [2.24, 2.45) is 0 Å². The van der Waals surface area contributed by atoms with E-state index in [4.69, 9.17) is 4.74 Å². The van der Waals surface area contributed by atoms with Gasteiger partial charge in [0.1, 0.15) is 11.4 Å². The van der Waals surface area contributed by atoms with Gasteiger partial charge in [-0.3, -0.25) is 0 Å². The van der Waals surface area contributed by atoms with Crippen LogP contribution >= 0.6 is 0 Å². The van der Waals surface area contributed by atoms with Gasteiger partial charge in [-0.2, -0.15) is 0 Å². The zero-order chi connectivity index (χ0) is 13.6.